The van der Waals surface area contributed by atoms with E-state index in [4.69, 9.17) is 4.52 Å². The maximum absolute atomic E-state index is 12.4. The second kappa shape index (κ2) is 5.79. The summed E-state index contributed by atoms with van der Waals surface area (Å²) in [4.78, 5) is 15.5. The summed E-state index contributed by atoms with van der Waals surface area (Å²) in [6, 6.07) is 6.05. The molecule has 1 saturated heterocycles. The molecule has 3 rings (SSSR count). The van der Waals surface area contributed by atoms with Gasteiger partial charge in [0.05, 0.1) is 18.2 Å². The lowest BCUT2D eigenvalue weighted by molar-refractivity contribution is -0.131. The van der Waals surface area contributed by atoms with Crippen LogP contribution in [0.2, 0.25) is 0 Å². The number of thiophene rings is 1. The van der Waals surface area contributed by atoms with E-state index >= 15 is 0 Å². The molecule has 3 heterocycles. The van der Waals surface area contributed by atoms with E-state index in [-0.39, 0.29) is 11.9 Å². The topological polar surface area (TPSA) is 46.3 Å². The molecule has 0 bridgehead atoms. The fourth-order valence-corrected chi connectivity index (χ4v) is 3.37. The lowest BCUT2D eigenvalue weighted by Crippen LogP contribution is -2.31. The summed E-state index contributed by atoms with van der Waals surface area (Å²) in [6.45, 7) is 2.87. The number of aryl methyl sites for hydroxylation is 1. The average molecular weight is 290 g/mol. The third kappa shape index (κ3) is 2.63. The molecule has 0 radical (unpaired) electrons. The molecule has 106 valence electrons. The van der Waals surface area contributed by atoms with Gasteiger partial charge in [-0.3, -0.25) is 4.79 Å². The second-order valence-corrected chi connectivity index (χ2v) is 6.11. The molecular formula is C15H18N2O2S. The highest BCUT2D eigenvalue weighted by molar-refractivity contribution is 7.10. The van der Waals surface area contributed by atoms with Gasteiger partial charge in [0.2, 0.25) is 5.91 Å². The van der Waals surface area contributed by atoms with Gasteiger partial charge in [-0.05, 0) is 30.7 Å². The Kier molecular flexibility index (Phi) is 3.87. The fraction of sp³-hybridized carbons (Fsp3) is 0.467. The van der Waals surface area contributed by atoms with E-state index in [0.717, 1.165) is 42.1 Å². The number of hydrogen-bond acceptors (Lipinski definition) is 4. The Bertz CT molecular complexity index is 576. The minimum absolute atomic E-state index is 0.0651. The molecule has 20 heavy (non-hydrogen) atoms. The summed E-state index contributed by atoms with van der Waals surface area (Å²) in [5.41, 5.74) is 0.956. The van der Waals surface area contributed by atoms with Crippen LogP contribution in [0.25, 0.3) is 0 Å². The van der Waals surface area contributed by atoms with Gasteiger partial charge in [-0.25, -0.2) is 0 Å². The molecule has 1 aliphatic rings. The van der Waals surface area contributed by atoms with Crippen LogP contribution in [0, 0.1) is 0 Å². The van der Waals surface area contributed by atoms with Crippen molar-refractivity contribution in [1.29, 1.82) is 0 Å². The van der Waals surface area contributed by atoms with Crippen molar-refractivity contribution in [3.63, 3.8) is 0 Å². The van der Waals surface area contributed by atoms with Crippen molar-refractivity contribution in [2.24, 2.45) is 0 Å². The van der Waals surface area contributed by atoms with Gasteiger partial charge < -0.3 is 9.42 Å². The molecule has 0 saturated carbocycles. The largest absolute Gasteiger partial charge is 0.359 e. The van der Waals surface area contributed by atoms with Crippen molar-refractivity contribution in [2.45, 2.75) is 38.6 Å². The number of likely N-dealkylation sites (tertiary alicyclic amines) is 1. The molecule has 0 N–H and O–H groups in total. The van der Waals surface area contributed by atoms with E-state index in [1.54, 1.807) is 11.3 Å². The number of carbonyl (C=O) groups excluding carboxylic acids is 1. The Morgan fingerprint density at radius 1 is 1.60 bits per heavy atom. The smallest absolute Gasteiger partial charge is 0.228 e. The maximum Gasteiger partial charge on any atom is 0.228 e. The van der Waals surface area contributed by atoms with E-state index in [2.05, 4.69) is 12.1 Å². The number of amides is 1. The van der Waals surface area contributed by atoms with Crippen LogP contribution < -0.4 is 0 Å². The highest BCUT2D eigenvalue weighted by atomic mass is 32.1. The second-order valence-electron chi connectivity index (χ2n) is 5.08. The van der Waals surface area contributed by atoms with E-state index < -0.39 is 0 Å². The third-order valence-electron chi connectivity index (χ3n) is 3.75. The molecule has 1 fully saturated rings. The quantitative estimate of drug-likeness (QED) is 0.868. The molecule has 1 atom stereocenters. The van der Waals surface area contributed by atoms with Gasteiger partial charge >= 0.3 is 0 Å². The Labute approximate surface area is 122 Å². The predicted octanol–water partition coefficient (Wildman–Crippen LogP) is 3.20. The van der Waals surface area contributed by atoms with Gasteiger partial charge in [0.1, 0.15) is 0 Å². The number of carbonyl (C=O) groups is 1. The van der Waals surface area contributed by atoms with E-state index in [1.165, 1.54) is 0 Å². The zero-order valence-corrected chi connectivity index (χ0v) is 12.4. The first-order chi connectivity index (χ1) is 9.78. The summed E-state index contributed by atoms with van der Waals surface area (Å²) in [7, 11) is 0. The molecule has 5 heteroatoms. The molecule has 2 aromatic rings. The zero-order valence-electron chi connectivity index (χ0n) is 11.5. The van der Waals surface area contributed by atoms with Crippen molar-refractivity contribution in [3.05, 3.63) is 39.9 Å². The summed E-state index contributed by atoms with van der Waals surface area (Å²) >= 11 is 1.63. The molecule has 4 nitrogen and oxygen atoms in total. The van der Waals surface area contributed by atoms with Crippen LogP contribution in [0.3, 0.4) is 0 Å². The normalized spacial score (nSPS) is 18.6. The standard InChI is InChI=1S/C15H18N2O2S/c1-2-11-9-14(19-16-11)13-6-3-7-17(13)15(18)10-12-5-4-8-20-12/h4-5,8-9,13H,2-3,6-7,10H2,1H3/t13-/m0/s1. The number of rotatable bonds is 4. The molecule has 2 aromatic heterocycles. The van der Waals surface area contributed by atoms with Crippen molar-refractivity contribution in [1.82, 2.24) is 10.1 Å². The summed E-state index contributed by atoms with van der Waals surface area (Å²) in [6.07, 6.45) is 3.35. The lowest BCUT2D eigenvalue weighted by atomic mass is 10.1. The van der Waals surface area contributed by atoms with Crippen molar-refractivity contribution >= 4 is 17.2 Å². The van der Waals surface area contributed by atoms with Crippen LogP contribution in [0.4, 0.5) is 0 Å². The van der Waals surface area contributed by atoms with Gasteiger partial charge in [0.25, 0.3) is 0 Å². The molecule has 0 aromatic carbocycles. The number of hydrogen-bond donors (Lipinski definition) is 0. The number of aromatic nitrogens is 1. The van der Waals surface area contributed by atoms with Crippen LogP contribution in [-0.4, -0.2) is 22.5 Å². The van der Waals surface area contributed by atoms with Gasteiger partial charge in [0.15, 0.2) is 5.76 Å². The Morgan fingerprint density at radius 2 is 2.50 bits per heavy atom. The number of nitrogens with zero attached hydrogens (tertiary/aromatic N) is 2. The highest BCUT2D eigenvalue weighted by Gasteiger charge is 2.32. The van der Waals surface area contributed by atoms with Crippen LogP contribution in [-0.2, 0) is 17.6 Å². The molecule has 0 aliphatic carbocycles. The van der Waals surface area contributed by atoms with Crippen molar-refractivity contribution < 1.29 is 9.32 Å². The first-order valence-electron chi connectivity index (χ1n) is 7.05. The van der Waals surface area contributed by atoms with Crippen LogP contribution in [0.15, 0.2) is 28.1 Å². The van der Waals surface area contributed by atoms with Crippen LogP contribution in [0.5, 0.6) is 0 Å². The minimum atomic E-state index is 0.0651. The lowest BCUT2D eigenvalue weighted by Gasteiger charge is -2.22. The van der Waals surface area contributed by atoms with Crippen molar-refractivity contribution in [2.75, 3.05) is 6.54 Å². The fourth-order valence-electron chi connectivity index (χ4n) is 2.68. The Hall–Kier alpha value is -1.62. The third-order valence-corrected chi connectivity index (χ3v) is 4.62. The van der Waals surface area contributed by atoms with Gasteiger partial charge in [-0.15, -0.1) is 11.3 Å². The highest BCUT2D eigenvalue weighted by Crippen LogP contribution is 2.33. The van der Waals surface area contributed by atoms with E-state index in [9.17, 15) is 4.79 Å². The minimum Gasteiger partial charge on any atom is -0.359 e. The SMILES string of the molecule is CCc1cc([C@@H]2CCCN2C(=O)Cc2cccs2)on1. The van der Waals surface area contributed by atoms with Crippen LogP contribution >= 0.6 is 11.3 Å². The predicted molar refractivity (Wildman–Crippen MR) is 77.6 cm³/mol. The van der Waals surface area contributed by atoms with Gasteiger partial charge in [-0.1, -0.05) is 18.1 Å². The zero-order chi connectivity index (χ0) is 13.9. The molecule has 1 aliphatic heterocycles. The summed E-state index contributed by atoms with van der Waals surface area (Å²) in [5.74, 6) is 1.02. The monoisotopic (exact) mass is 290 g/mol. The molecule has 0 unspecified atom stereocenters. The first kappa shape index (κ1) is 13.4. The first-order valence-corrected chi connectivity index (χ1v) is 7.93. The summed E-state index contributed by atoms with van der Waals surface area (Å²) in [5, 5.41) is 6.05. The van der Waals surface area contributed by atoms with E-state index in [1.807, 2.05) is 28.5 Å². The van der Waals surface area contributed by atoms with Crippen LogP contribution in [0.1, 0.15) is 42.1 Å². The average Bonchev–Trinajstić information content (AvgIpc) is 3.19. The van der Waals surface area contributed by atoms with E-state index in [0.29, 0.717) is 6.42 Å². The summed E-state index contributed by atoms with van der Waals surface area (Å²) < 4.78 is 5.41. The Morgan fingerprint density at radius 3 is 3.20 bits per heavy atom. The molecular weight excluding hydrogens is 272 g/mol. The van der Waals surface area contributed by atoms with Gasteiger partial charge in [-0.2, -0.15) is 0 Å². The maximum atomic E-state index is 12.4. The molecule has 0 spiro atoms. The Balaban J connectivity index is 1.73. The van der Waals surface area contributed by atoms with Crippen molar-refractivity contribution in [3.8, 4) is 0 Å². The van der Waals surface area contributed by atoms with Gasteiger partial charge in [0, 0.05) is 17.5 Å². The molecule has 1 amide bonds.